The van der Waals surface area contributed by atoms with E-state index in [0.29, 0.717) is 24.2 Å². The lowest BCUT2D eigenvalue weighted by molar-refractivity contribution is -0.0803. The monoisotopic (exact) mass is 450 g/mol. The first-order valence-corrected chi connectivity index (χ1v) is 12.7. The number of hydrogen-bond acceptors (Lipinski definition) is 6. The van der Waals surface area contributed by atoms with Crippen molar-refractivity contribution < 1.29 is 9.47 Å². The van der Waals surface area contributed by atoms with Gasteiger partial charge in [0.2, 0.25) is 0 Å². The molecule has 0 aliphatic carbocycles. The molecule has 2 N–H and O–H groups in total. The van der Waals surface area contributed by atoms with Gasteiger partial charge in [0.1, 0.15) is 11.2 Å². The molecule has 4 unspecified atom stereocenters. The fraction of sp³-hybridized carbons (Fsp3) is 0.630. The lowest BCUT2D eigenvalue weighted by atomic mass is 9.84. The van der Waals surface area contributed by atoms with Gasteiger partial charge in [0.25, 0.3) is 0 Å². The van der Waals surface area contributed by atoms with Gasteiger partial charge in [-0.25, -0.2) is 0 Å². The Morgan fingerprint density at radius 3 is 1.61 bits per heavy atom. The maximum Gasteiger partial charge on any atom is 0.113 e. The van der Waals surface area contributed by atoms with Crippen molar-refractivity contribution in [3.63, 3.8) is 0 Å². The predicted octanol–water partition coefficient (Wildman–Crippen LogP) is 4.07. The third-order valence-electron chi connectivity index (χ3n) is 8.05. The van der Waals surface area contributed by atoms with Crippen LogP contribution in [-0.2, 0) is 20.7 Å². The van der Waals surface area contributed by atoms with E-state index in [1.54, 1.807) is 0 Å². The minimum atomic E-state index is -0.154. The summed E-state index contributed by atoms with van der Waals surface area (Å²) < 4.78 is 12.0. The van der Waals surface area contributed by atoms with E-state index in [1.807, 2.05) is 37.7 Å². The van der Waals surface area contributed by atoms with Crippen LogP contribution in [0.5, 0.6) is 0 Å². The van der Waals surface area contributed by atoms with Crippen molar-refractivity contribution >= 4 is 0 Å². The van der Waals surface area contributed by atoms with Gasteiger partial charge in [0, 0.05) is 50.3 Å². The van der Waals surface area contributed by atoms with Crippen LogP contribution in [0.1, 0.15) is 69.7 Å². The number of fused-ring (bicyclic) bond motifs is 4. The molecule has 0 radical (unpaired) electrons. The highest BCUT2D eigenvalue weighted by atomic mass is 16.5. The smallest absolute Gasteiger partial charge is 0.113 e. The van der Waals surface area contributed by atoms with E-state index in [-0.39, 0.29) is 11.2 Å². The van der Waals surface area contributed by atoms with Gasteiger partial charge in [-0.1, -0.05) is 12.1 Å². The standard InChI is InChI=1S/C14H20N2O.C13H18N2O/c1-2-17-14(13-5-3-4-8-15-13)9-11-6-7-12(10-14)16-11;1-16-13(12-4-2-3-7-14-12)8-10-5-6-11(9-13)15-10/h3-5,8,11-12,16H,2,6-7,9-10H2,1H3;2-4,7,10-11,15H,5-6,8-9H2,1H3. The van der Waals surface area contributed by atoms with Crippen molar-refractivity contribution in [3.05, 3.63) is 60.2 Å². The summed E-state index contributed by atoms with van der Waals surface area (Å²) in [5.74, 6) is 0. The molecular formula is C27H38N4O2. The molecule has 4 atom stereocenters. The second-order valence-electron chi connectivity index (χ2n) is 10.1. The predicted molar refractivity (Wildman–Crippen MR) is 129 cm³/mol. The first-order valence-electron chi connectivity index (χ1n) is 12.7. The molecule has 4 bridgehead atoms. The van der Waals surface area contributed by atoms with E-state index in [2.05, 4.69) is 45.7 Å². The molecule has 0 spiro atoms. The van der Waals surface area contributed by atoms with E-state index in [9.17, 15) is 0 Å². The minimum absolute atomic E-state index is 0.146. The van der Waals surface area contributed by atoms with Crippen LogP contribution < -0.4 is 10.6 Å². The summed E-state index contributed by atoms with van der Waals surface area (Å²) in [5, 5.41) is 7.31. The number of rotatable bonds is 5. The van der Waals surface area contributed by atoms with Crippen LogP contribution >= 0.6 is 0 Å². The number of piperidine rings is 2. The molecule has 0 aromatic carbocycles. The van der Waals surface area contributed by atoms with Crippen molar-refractivity contribution in [1.29, 1.82) is 0 Å². The average molecular weight is 451 g/mol. The van der Waals surface area contributed by atoms with Gasteiger partial charge in [-0.05, 0) is 82.6 Å². The Morgan fingerprint density at radius 1 is 0.758 bits per heavy atom. The van der Waals surface area contributed by atoms with Crippen LogP contribution in [0.2, 0.25) is 0 Å². The van der Waals surface area contributed by atoms with E-state index < -0.39 is 0 Å². The van der Waals surface area contributed by atoms with Gasteiger partial charge >= 0.3 is 0 Å². The molecule has 4 aliphatic rings. The van der Waals surface area contributed by atoms with Crippen molar-refractivity contribution in [1.82, 2.24) is 20.6 Å². The second-order valence-corrected chi connectivity index (χ2v) is 10.1. The van der Waals surface area contributed by atoms with E-state index >= 15 is 0 Å². The van der Waals surface area contributed by atoms with Crippen LogP contribution in [0.3, 0.4) is 0 Å². The Bertz CT molecular complexity index is 870. The summed E-state index contributed by atoms with van der Waals surface area (Å²) in [6.45, 7) is 2.84. The third-order valence-corrected chi connectivity index (χ3v) is 8.05. The van der Waals surface area contributed by atoms with Crippen molar-refractivity contribution in [2.24, 2.45) is 0 Å². The molecule has 4 fully saturated rings. The molecule has 4 saturated heterocycles. The summed E-state index contributed by atoms with van der Waals surface area (Å²) in [5.41, 5.74) is 1.90. The molecule has 0 saturated carbocycles. The second kappa shape index (κ2) is 9.79. The first kappa shape index (κ1) is 22.9. The summed E-state index contributed by atoms with van der Waals surface area (Å²) in [7, 11) is 1.82. The number of methoxy groups -OCH3 is 1. The fourth-order valence-electron chi connectivity index (χ4n) is 6.63. The molecule has 6 nitrogen and oxygen atoms in total. The highest BCUT2D eigenvalue weighted by Gasteiger charge is 2.47. The van der Waals surface area contributed by atoms with Crippen LogP contribution in [-0.4, -0.2) is 47.9 Å². The average Bonchev–Trinajstić information content (AvgIpc) is 3.40. The molecular weight excluding hydrogens is 412 g/mol. The molecule has 2 aromatic heterocycles. The summed E-state index contributed by atoms with van der Waals surface area (Å²) in [6.07, 6.45) is 13.1. The largest absolute Gasteiger partial charge is 0.372 e. The van der Waals surface area contributed by atoms with Gasteiger partial charge in [-0.3, -0.25) is 9.97 Å². The zero-order chi connectivity index (χ0) is 22.7. The molecule has 2 aromatic rings. The molecule has 33 heavy (non-hydrogen) atoms. The van der Waals surface area contributed by atoms with E-state index in [0.717, 1.165) is 43.7 Å². The van der Waals surface area contributed by atoms with Crippen LogP contribution in [0.4, 0.5) is 0 Å². The fourth-order valence-corrected chi connectivity index (χ4v) is 6.63. The van der Waals surface area contributed by atoms with Gasteiger partial charge in [0.15, 0.2) is 0 Å². The Labute approximate surface area is 197 Å². The topological polar surface area (TPSA) is 68.3 Å². The molecule has 6 rings (SSSR count). The Balaban J connectivity index is 0.000000139. The molecule has 0 amide bonds. The molecule has 6 heteroatoms. The SMILES string of the molecule is CCOC1(c2ccccn2)CC2CCC(C1)N2.COC1(c2ccccn2)CC2CCC(C1)N2. The van der Waals surface area contributed by atoms with Crippen molar-refractivity contribution in [3.8, 4) is 0 Å². The lowest BCUT2D eigenvalue weighted by Gasteiger charge is -2.40. The van der Waals surface area contributed by atoms with E-state index in [1.165, 1.54) is 25.7 Å². The Kier molecular flexibility index (Phi) is 6.79. The van der Waals surface area contributed by atoms with Crippen LogP contribution in [0.25, 0.3) is 0 Å². The van der Waals surface area contributed by atoms with Crippen LogP contribution in [0.15, 0.2) is 48.8 Å². The normalized spacial score (nSPS) is 36.8. The minimum Gasteiger partial charge on any atom is -0.372 e. The zero-order valence-corrected chi connectivity index (χ0v) is 20.0. The van der Waals surface area contributed by atoms with E-state index in [4.69, 9.17) is 9.47 Å². The number of hydrogen-bond donors (Lipinski definition) is 2. The lowest BCUT2D eigenvalue weighted by Crippen LogP contribution is -2.48. The zero-order valence-electron chi connectivity index (χ0n) is 20.0. The highest BCUT2D eigenvalue weighted by molar-refractivity contribution is 5.19. The van der Waals surface area contributed by atoms with Gasteiger partial charge < -0.3 is 20.1 Å². The summed E-state index contributed by atoms with van der Waals surface area (Å²) >= 11 is 0. The van der Waals surface area contributed by atoms with Crippen LogP contribution in [0, 0.1) is 0 Å². The third kappa shape index (κ3) is 4.72. The number of nitrogens with zero attached hydrogens (tertiary/aromatic N) is 2. The van der Waals surface area contributed by atoms with Gasteiger partial charge in [-0.2, -0.15) is 0 Å². The number of ether oxygens (including phenoxy) is 2. The first-order chi connectivity index (χ1) is 16.1. The number of pyridine rings is 2. The maximum atomic E-state index is 6.13. The summed E-state index contributed by atoms with van der Waals surface area (Å²) in [4.78, 5) is 9.03. The number of aromatic nitrogens is 2. The molecule has 4 aliphatic heterocycles. The van der Waals surface area contributed by atoms with Gasteiger partial charge in [0.05, 0.1) is 11.4 Å². The Hall–Kier alpha value is -1.86. The quantitative estimate of drug-likeness (QED) is 0.716. The summed E-state index contributed by atoms with van der Waals surface area (Å²) in [6, 6.07) is 14.7. The number of nitrogens with one attached hydrogen (secondary N) is 2. The maximum absolute atomic E-state index is 6.13. The van der Waals surface area contributed by atoms with Gasteiger partial charge in [-0.15, -0.1) is 0 Å². The van der Waals surface area contributed by atoms with Crippen molar-refractivity contribution in [2.45, 2.75) is 93.7 Å². The highest BCUT2D eigenvalue weighted by Crippen LogP contribution is 2.43. The Morgan fingerprint density at radius 2 is 1.21 bits per heavy atom. The molecule has 6 heterocycles. The molecule has 178 valence electrons. The van der Waals surface area contributed by atoms with Crippen molar-refractivity contribution in [2.75, 3.05) is 13.7 Å².